The summed E-state index contributed by atoms with van der Waals surface area (Å²) in [6.07, 6.45) is -3.51. The molecule has 4 atom stereocenters. The Morgan fingerprint density at radius 3 is 2.16 bits per heavy atom. The number of nitrogens with zero attached hydrogens (tertiary/aromatic N) is 4. The predicted molar refractivity (Wildman–Crippen MR) is 86.9 cm³/mol. The van der Waals surface area contributed by atoms with Gasteiger partial charge in [0.05, 0.1) is 58.4 Å². The van der Waals surface area contributed by atoms with E-state index in [0.717, 1.165) is 0 Å². The second-order valence-electron chi connectivity index (χ2n) is 5.58. The van der Waals surface area contributed by atoms with Crippen LogP contribution in [0.1, 0.15) is 0 Å². The average molecular weight is 364 g/mol. The van der Waals surface area contributed by atoms with Crippen LogP contribution in [-0.2, 0) is 14.2 Å². The van der Waals surface area contributed by atoms with Gasteiger partial charge in [-0.25, -0.2) is 0 Å². The molecule has 1 rings (SSSR count). The van der Waals surface area contributed by atoms with E-state index in [0.29, 0.717) is 52.7 Å². The molecule has 0 aromatic carbocycles. The summed E-state index contributed by atoms with van der Waals surface area (Å²) in [6, 6.07) is -0.624. The van der Waals surface area contributed by atoms with Crippen LogP contribution in [0.5, 0.6) is 0 Å². The molecule has 11 heteroatoms. The number of likely N-dealkylation sites (tertiary alicyclic amines) is 1. The summed E-state index contributed by atoms with van der Waals surface area (Å²) in [7, 11) is 0. The highest BCUT2D eigenvalue weighted by Crippen LogP contribution is 2.18. The van der Waals surface area contributed by atoms with Crippen molar-refractivity contribution in [1.29, 1.82) is 0 Å². The van der Waals surface area contributed by atoms with Crippen molar-refractivity contribution in [3.8, 4) is 0 Å². The molecule has 0 unspecified atom stereocenters. The van der Waals surface area contributed by atoms with Crippen LogP contribution in [0, 0.1) is 0 Å². The van der Waals surface area contributed by atoms with Crippen LogP contribution in [-0.4, -0.2) is 116 Å². The van der Waals surface area contributed by atoms with E-state index in [1.807, 2.05) is 0 Å². The maximum atomic E-state index is 9.86. The van der Waals surface area contributed by atoms with Gasteiger partial charge in [0, 0.05) is 24.5 Å². The van der Waals surface area contributed by atoms with Crippen molar-refractivity contribution in [2.45, 2.75) is 24.4 Å². The zero-order valence-electron chi connectivity index (χ0n) is 14.2. The summed E-state index contributed by atoms with van der Waals surface area (Å²) < 4.78 is 15.9. The molecule has 1 fully saturated rings. The number of hydrogen-bond acceptors (Lipinski definition) is 9. The topological polar surface area (TPSA) is 161 Å². The van der Waals surface area contributed by atoms with E-state index in [4.69, 9.17) is 19.7 Å². The highest BCUT2D eigenvalue weighted by Gasteiger charge is 2.40. The van der Waals surface area contributed by atoms with Gasteiger partial charge < -0.3 is 34.6 Å². The second kappa shape index (κ2) is 13.2. The molecular weight excluding hydrogens is 336 g/mol. The smallest absolute Gasteiger partial charge is 0.109 e. The third-order valence-electron chi connectivity index (χ3n) is 3.88. The van der Waals surface area contributed by atoms with Gasteiger partial charge in [-0.05, 0) is 5.53 Å². The quantitative estimate of drug-likeness (QED) is 0.128. The summed E-state index contributed by atoms with van der Waals surface area (Å²) >= 11 is 0. The molecule has 0 aliphatic carbocycles. The van der Waals surface area contributed by atoms with E-state index < -0.39 is 24.4 Å². The van der Waals surface area contributed by atoms with Crippen LogP contribution >= 0.6 is 0 Å². The van der Waals surface area contributed by atoms with Gasteiger partial charge >= 0.3 is 0 Å². The van der Waals surface area contributed by atoms with Crippen LogP contribution in [0.2, 0.25) is 0 Å². The standard InChI is InChI=1S/C14H28N4O7/c15-17-16-1-3-23-5-7-25-8-6-24-4-2-18-9-12(20)14(22)13(21)11(18)10-19/h11-14,19-22H,1-10H2/t11-,12+,13-,14-/m1/s1. The fraction of sp³-hybridized carbons (Fsp3) is 1.00. The molecule has 0 saturated carbocycles. The molecule has 0 radical (unpaired) electrons. The van der Waals surface area contributed by atoms with Crippen LogP contribution in [0.25, 0.3) is 10.4 Å². The lowest BCUT2D eigenvalue weighted by molar-refractivity contribution is -0.147. The van der Waals surface area contributed by atoms with Crippen molar-refractivity contribution < 1.29 is 34.6 Å². The molecule has 146 valence electrons. The lowest BCUT2D eigenvalue weighted by Crippen LogP contribution is -2.62. The number of ether oxygens (including phenoxy) is 3. The summed E-state index contributed by atoms with van der Waals surface area (Å²) in [5, 5.41) is 41.8. The molecule has 0 aromatic heterocycles. The number of rotatable bonds is 13. The van der Waals surface area contributed by atoms with Crippen molar-refractivity contribution in [3.05, 3.63) is 10.4 Å². The van der Waals surface area contributed by atoms with Crippen LogP contribution in [0.3, 0.4) is 0 Å². The molecule has 11 nitrogen and oxygen atoms in total. The van der Waals surface area contributed by atoms with Gasteiger partial charge in [0.1, 0.15) is 12.2 Å². The Kier molecular flexibility index (Phi) is 11.7. The van der Waals surface area contributed by atoms with E-state index in [1.54, 1.807) is 4.90 Å². The molecular formula is C14H28N4O7. The fourth-order valence-electron chi connectivity index (χ4n) is 2.51. The lowest BCUT2D eigenvalue weighted by atomic mass is 9.94. The Balaban J connectivity index is 2.02. The van der Waals surface area contributed by atoms with E-state index in [9.17, 15) is 20.4 Å². The van der Waals surface area contributed by atoms with Crippen molar-refractivity contribution in [3.63, 3.8) is 0 Å². The van der Waals surface area contributed by atoms with E-state index in [2.05, 4.69) is 10.0 Å². The largest absolute Gasteiger partial charge is 0.395 e. The van der Waals surface area contributed by atoms with Gasteiger partial charge in [0.2, 0.25) is 0 Å². The number of hydrogen-bond donors (Lipinski definition) is 4. The minimum atomic E-state index is -1.25. The maximum Gasteiger partial charge on any atom is 0.109 e. The summed E-state index contributed by atoms with van der Waals surface area (Å²) in [4.78, 5) is 4.30. The average Bonchev–Trinajstić information content (AvgIpc) is 2.61. The lowest BCUT2D eigenvalue weighted by Gasteiger charge is -2.43. The summed E-state index contributed by atoms with van der Waals surface area (Å²) in [6.45, 7) is 2.86. The van der Waals surface area contributed by atoms with Gasteiger partial charge in [-0.1, -0.05) is 5.11 Å². The molecule has 1 saturated heterocycles. The van der Waals surface area contributed by atoms with Crippen LogP contribution in [0.15, 0.2) is 5.11 Å². The minimum Gasteiger partial charge on any atom is -0.395 e. The molecule has 0 spiro atoms. The van der Waals surface area contributed by atoms with Crippen molar-refractivity contribution in [2.75, 3.05) is 65.9 Å². The number of aliphatic hydroxyl groups excluding tert-OH is 4. The van der Waals surface area contributed by atoms with Crippen LogP contribution in [0.4, 0.5) is 0 Å². The van der Waals surface area contributed by atoms with E-state index >= 15 is 0 Å². The molecule has 0 aromatic rings. The molecule has 25 heavy (non-hydrogen) atoms. The van der Waals surface area contributed by atoms with Gasteiger partial charge in [0.15, 0.2) is 0 Å². The Hall–Kier alpha value is -1.01. The van der Waals surface area contributed by atoms with Crippen molar-refractivity contribution in [1.82, 2.24) is 4.90 Å². The highest BCUT2D eigenvalue weighted by atomic mass is 16.5. The molecule has 1 heterocycles. The first-order valence-corrected chi connectivity index (χ1v) is 8.25. The number of aliphatic hydroxyl groups is 4. The number of piperidine rings is 1. The number of azide groups is 1. The van der Waals surface area contributed by atoms with Gasteiger partial charge in [-0.3, -0.25) is 4.90 Å². The highest BCUT2D eigenvalue weighted by molar-refractivity contribution is 4.93. The third kappa shape index (κ3) is 8.27. The molecule has 4 N–H and O–H groups in total. The molecule has 1 aliphatic heterocycles. The Morgan fingerprint density at radius 1 is 0.960 bits per heavy atom. The maximum absolute atomic E-state index is 9.86. The fourth-order valence-corrected chi connectivity index (χ4v) is 2.51. The van der Waals surface area contributed by atoms with Gasteiger partial charge in [-0.15, -0.1) is 0 Å². The zero-order chi connectivity index (χ0) is 18.5. The molecule has 0 bridgehead atoms. The third-order valence-corrected chi connectivity index (χ3v) is 3.88. The minimum absolute atomic E-state index is 0.163. The summed E-state index contributed by atoms with van der Waals surface area (Å²) in [5.74, 6) is 0. The van der Waals surface area contributed by atoms with Gasteiger partial charge in [0.25, 0.3) is 0 Å². The molecule has 1 aliphatic rings. The van der Waals surface area contributed by atoms with Crippen molar-refractivity contribution in [2.24, 2.45) is 5.11 Å². The van der Waals surface area contributed by atoms with E-state index in [-0.39, 0.29) is 13.2 Å². The first-order chi connectivity index (χ1) is 12.1. The Bertz CT molecular complexity index is 397. The Labute approximate surface area is 146 Å². The van der Waals surface area contributed by atoms with E-state index in [1.165, 1.54) is 0 Å². The van der Waals surface area contributed by atoms with Crippen LogP contribution < -0.4 is 0 Å². The SMILES string of the molecule is [N-]=[N+]=NCCOCCOCCOCCN1C[C@H](O)[C@@H](O)[C@H](O)[C@H]1CO. The normalized spacial score (nSPS) is 27.2. The van der Waals surface area contributed by atoms with Gasteiger partial charge in [-0.2, -0.15) is 0 Å². The second-order valence-corrected chi connectivity index (χ2v) is 5.58. The predicted octanol–water partition coefficient (Wildman–Crippen LogP) is -1.89. The monoisotopic (exact) mass is 364 g/mol. The van der Waals surface area contributed by atoms with Crippen molar-refractivity contribution >= 4 is 0 Å². The number of β-amino-alcohol motifs (C(OH)–C–C–N with tert-alkyl or cyclic N) is 1. The Morgan fingerprint density at radius 2 is 1.56 bits per heavy atom. The summed E-state index contributed by atoms with van der Waals surface area (Å²) in [5.41, 5.74) is 8.07. The zero-order valence-corrected chi connectivity index (χ0v) is 14.2. The molecule has 0 amide bonds. The first kappa shape index (κ1) is 22.0. The first-order valence-electron chi connectivity index (χ1n) is 8.25.